The molecule has 4 nitrogen and oxygen atoms in total. The molecule has 2 aliphatic rings. The predicted octanol–water partition coefficient (Wildman–Crippen LogP) is 1.31. The van der Waals surface area contributed by atoms with Crippen molar-refractivity contribution in [2.45, 2.75) is 51.6 Å². The van der Waals surface area contributed by atoms with Gasteiger partial charge in [0.25, 0.3) is 0 Å². The lowest BCUT2D eigenvalue weighted by molar-refractivity contribution is -0.147. The summed E-state index contributed by atoms with van der Waals surface area (Å²) in [5.74, 6) is -0.682. The monoisotopic (exact) mass is 240 g/mol. The van der Waals surface area contributed by atoms with Crippen molar-refractivity contribution >= 4 is 5.97 Å². The van der Waals surface area contributed by atoms with Gasteiger partial charge in [0, 0.05) is 25.7 Å². The molecular formula is C13H24N2O2. The molecule has 4 heteroatoms. The Morgan fingerprint density at radius 1 is 1.41 bits per heavy atom. The first-order chi connectivity index (χ1) is 8.02. The summed E-state index contributed by atoms with van der Waals surface area (Å²) in [5, 5.41) is 12.5. The second kappa shape index (κ2) is 4.94. The van der Waals surface area contributed by atoms with E-state index in [1.54, 1.807) is 0 Å². The van der Waals surface area contributed by atoms with Crippen LogP contribution < -0.4 is 5.32 Å². The summed E-state index contributed by atoms with van der Waals surface area (Å²) >= 11 is 0. The van der Waals surface area contributed by atoms with E-state index in [0.29, 0.717) is 12.6 Å². The minimum Gasteiger partial charge on any atom is -0.480 e. The maximum atomic E-state index is 11.3. The molecule has 0 amide bonds. The fourth-order valence-corrected chi connectivity index (χ4v) is 3.41. The molecule has 1 aliphatic heterocycles. The maximum Gasteiger partial charge on any atom is 0.322 e. The van der Waals surface area contributed by atoms with Gasteiger partial charge in [-0.1, -0.05) is 26.7 Å². The Morgan fingerprint density at radius 2 is 2.18 bits per heavy atom. The number of nitrogens with zero attached hydrogens (tertiary/aromatic N) is 1. The molecule has 0 aromatic rings. The van der Waals surface area contributed by atoms with E-state index in [2.05, 4.69) is 24.1 Å². The van der Waals surface area contributed by atoms with Gasteiger partial charge in [0.15, 0.2) is 0 Å². The molecule has 2 fully saturated rings. The molecule has 0 aromatic heterocycles. The molecule has 1 heterocycles. The van der Waals surface area contributed by atoms with Gasteiger partial charge in [0.05, 0.1) is 0 Å². The normalized spacial score (nSPS) is 34.5. The molecule has 0 radical (unpaired) electrons. The third kappa shape index (κ3) is 2.63. The van der Waals surface area contributed by atoms with Crippen molar-refractivity contribution in [2.75, 3.05) is 19.6 Å². The molecule has 2 N–H and O–H groups in total. The first-order valence-corrected chi connectivity index (χ1v) is 6.71. The van der Waals surface area contributed by atoms with Crippen LogP contribution in [-0.4, -0.2) is 47.7 Å². The highest BCUT2D eigenvalue weighted by atomic mass is 16.4. The average molecular weight is 240 g/mol. The summed E-state index contributed by atoms with van der Waals surface area (Å²) in [6, 6.07) is 0.0885. The highest BCUT2D eigenvalue weighted by Crippen LogP contribution is 2.39. The summed E-state index contributed by atoms with van der Waals surface area (Å²) in [6.45, 7) is 6.94. The Kier molecular flexibility index (Phi) is 3.73. The number of carboxylic acids is 1. The minimum atomic E-state index is -0.682. The van der Waals surface area contributed by atoms with Gasteiger partial charge in [-0.25, -0.2) is 0 Å². The van der Waals surface area contributed by atoms with Crippen LogP contribution in [0.25, 0.3) is 0 Å². The van der Waals surface area contributed by atoms with Crippen LogP contribution in [0, 0.1) is 5.41 Å². The standard InChI is InChI=1S/C13H24N2O2/c1-13(2)6-4-3-5-11(13)15-8-7-14-9-10(15)12(16)17/h10-11,14H,3-9H2,1-2H3,(H,16,17). The molecule has 17 heavy (non-hydrogen) atoms. The van der Waals surface area contributed by atoms with Crippen LogP contribution >= 0.6 is 0 Å². The van der Waals surface area contributed by atoms with Crippen LogP contribution in [0.3, 0.4) is 0 Å². The lowest BCUT2D eigenvalue weighted by Gasteiger charge is -2.49. The van der Waals surface area contributed by atoms with Gasteiger partial charge in [-0.15, -0.1) is 0 Å². The Morgan fingerprint density at radius 3 is 2.82 bits per heavy atom. The molecule has 2 atom stereocenters. The van der Waals surface area contributed by atoms with Crippen LogP contribution in [-0.2, 0) is 4.79 Å². The Labute approximate surface area is 103 Å². The van der Waals surface area contributed by atoms with Crippen molar-refractivity contribution in [3.63, 3.8) is 0 Å². The number of aliphatic carboxylic acids is 1. The largest absolute Gasteiger partial charge is 0.480 e. The molecular weight excluding hydrogens is 216 g/mol. The zero-order valence-electron chi connectivity index (χ0n) is 10.9. The van der Waals surface area contributed by atoms with Crippen molar-refractivity contribution < 1.29 is 9.90 Å². The number of nitrogens with one attached hydrogen (secondary N) is 1. The minimum absolute atomic E-state index is 0.253. The first-order valence-electron chi connectivity index (χ1n) is 6.71. The highest BCUT2D eigenvalue weighted by molar-refractivity contribution is 5.74. The van der Waals surface area contributed by atoms with E-state index in [-0.39, 0.29) is 11.5 Å². The number of carboxylic acid groups (broad SMARTS) is 1. The molecule has 98 valence electrons. The van der Waals surface area contributed by atoms with Gasteiger partial charge in [0.2, 0.25) is 0 Å². The molecule has 1 aliphatic carbocycles. The van der Waals surface area contributed by atoms with Crippen LogP contribution in [0.5, 0.6) is 0 Å². The van der Waals surface area contributed by atoms with E-state index in [1.807, 2.05) is 0 Å². The second-order valence-corrected chi connectivity index (χ2v) is 6.05. The van der Waals surface area contributed by atoms with Crippen molar-refractivity contribution in [2.24, 2.45) is 5.41 Å². The van der Waals surface area contributed by atoms with Gasteiger partial charge in [0.1, 0.15) is 6.04 Å². The summed E-state index contributed by atoms with van der Waals surface area (Å²) in [5.41, 5.74) is 0.253. The van der Waals surface area contributed by atoms with E-state index >= 15 is 0 Å². The first kappa shape index (κ1) is 12.8. The molecule has 0 spiro atoms. The lowest BCUT2D eigenvalue weighted by atomic mass is 9.72. The second-order valence-electron chi connectivity index (χ2n) is 6.05. The molecule has 2 unspecified atom stereocenters. The molecule has 0 aromatic carbocycles. The third-order valence-electron chi connectivity index (χ3n) is 4.42. The van der Waals surface area contributed by atoms with Crippen LogP contribution in [0.1, 0.15) is 39.5 Å². The van der Waals surface area contributed by atoms with Crippen LogP contribution in [0.15, 0.2) is 0 Å². The quantitative estimate of drug-likeness (QED) is 0.764. The van der Waals surface area contributed by atoms with Gasteiger partial charge in [-0.2, -0.15) is 0 Å². The van der Waals surface area contributed by atoms with E-state index in [0.717, 1.165) is 19.5 Å². The van der Waals surface area contributed by atoms with Crippen molar-refractivity contribution in [3.05, 3.63) is 0 Å². The Hall–Kier alpha value is -0.610. The van der Waals surface area contributed by atoms with E-state index in [9.17, 15) is 9.90 Å². The number of hydrogen-bond acceptors (Lipinski definition) is 3. The zero-order valence-corrected chi connectivity index (χ0v) is 10.9. The van der Waals surface area contributed by atoms with Gasteiger partial charge >= 0.3 is 5.97 Å². The Bertz CT molecular complexity index is 291. The predicted molar refractivity (Wildman–Crippen MR) is 67.0 cm³/mol. The van der Waals surface area contributed by atoms with Crippen molar-refractivity contribution in [1.29, 1.82) is 0 Å². The number of hydrogen-bond donors (Lipinski definition) is 2. The van der Waals surface area contributed by atoms with E-state index < -0.39 is 5.97 Å². The number of piperazine rings is 1. The van der Waals surface area contributed by atoms with Crippen molar-refractivity contribution in [1.82, 2.24) is 10.2 Å². The number of carbonyl (C=O) groups is 1. The van der Waals surface area contributed by atoms with Gasteiger partial charge < -0.3 is 10.4 Å². The third-order valence-corrected chi connectivity index (χ3v) is 4.42. The van der Waals surface area contributed by atoms with Crippen LogP contribution in [0.2, 0.25) is 0 Å². The fourth-order valence-electron chi connectivity index (χ4n) is 3.41. The topological polar surface area (TPSA) is 52.6 Å². The average Bonchev–Trinajstić information content (AvgIpc) is 2.28. The molecule has 2 rings (SSSR count). The highest BCUT2D eigenvalue weighted by Gasteiger charge is 2.41. The van der Waals surface area contributed by atoms with Crippen LogP contribution in [0.4, 0.5) is 0 Å². The molecule has 0 bridgehead atoms. The van der Waals surface area contributed by atoms with E-state index in [1.165, 1.54) is 19.3 Å². The van der Waals surface area contributed by atoms with Gasteiger partial charge in [-0.05, 0) is 18.3 Å². The SMILES string of the molecule is CC1(C)CCCCC1N1CCNCC1C(=O)O. The van der Waals surface area contributed by atoms with E-state index in [4.69, 9.17) is 0 Å². The maximum absolute atomic E-state index is 11.3. The Balaban J connectivity index is 2.14. The fraction of sp³-hybridized carbons (Fsp3) is 0.923. The summed E-state index contributed by atoms with van der Waals surface area (Å²) in [6.07, 6.45) is 4.89. The molecule has 1 saturated carbocycles. The molecule has 1 saturated heterocycles. The van der Waals surface area contributed by atoms with Crippen molar-refractivity contribution in [3.8, 4) is 0 Å². The summed E-state index contributed by atoms with van der Waals surface area (Å²) < 4.78 is 0. The summed E-state index contributed by atoms with van der Waals surface area (Å²) in [7, 11) is 0. The van der Waals surface area contributed by atoms with Gasteiger partial charge in [-0.3, -0.25) is 9.69 Å². The summed E-state index contributed by atoms with van der Waals surface area (Å²) in [4.78, 5) is 13.6. The lowest BCUT2D eigenvalue weighted by Crippen LogP contribution is -2.61. The smallest absolute Gasteiger partial charge is 0.322 e. The number of rotatable bonds is 2. The zero-order chi connectivity index (χ0) is 12.5.